The molecular weight excluding hydrogens is 210 g/mol. The summed E-state index contributed by atoms with van der Waals surface area (Å²) in [5.41, 5.74) is 0. The summed E-state index contributed by atoms with van der Waals surface area (Å²) < 4.78 is 10.9. The fraction of sp³-hybridized carbons (Fsp3) is 1.00. The van der Waals surface area contributed by atoms with E-state index in [9.17, 15) is 0 Å². The molecule has 0 saturated carbocycles. The third-order valence-corrected chi connectivity index (χ3v) is 2.66. The lowest BCUT2D eigenvalue weighted by atomic mass is 10.4. The Balaban J connectivity index is 3.28. The van der Waals surface area contributed by atoms with Crippen molar-refractivity contribution in [2.45, 2.75) is 33.0 Å². The first kappa shape index (κ1) is 15.2. The van der Waals surface area contributed by atoms with Gasteiger partial charge in [-0.25, -0.2) is 0 Å². The third kappa shape index (κ3) is 10.5. The van der Waals surface area contributed by atoms with Crippen molar-refractivity contribution in [3.63, 3.8) is 0 Å². The first-order valence-electron chi connectivity index (χ1n) is 5.78. The second-order valence-corrected chi connectivity index (χ2v) is 4.21. The van der Waals surface area contributed by atoms with Gasteiger partial charge in [-0.15, -0.1) is 0 Å². The zero-order valence-corrected chi connectivity index (χ0v) is 11.1. The van der Waals surface area contributed by atoms with Crippen LogP contribution in [0.4, 0.5) is 0 Å². The van der Waals surface area contributed by atoms with E-state index in [0.29, 0.717) is 0 Å². The Morgan fingerprint density at radius 1 is 1.13 bits per heavy atom. The maximum Gasteiger partial charge on any atom is 0.158 e. The zero-order chi connectivity index (χ0) is 11.4. The van der Waals surface area contributed by atoms with Crippen LogP contribution in [-0.2, 0) is 9.47 Å². The highest BCUT2D eigenvalue weighted by molar-refractivity contribution is 7.98. The van der Waals surface area contributed by atoms with E-state index in [4.69, 9.17) is 9.47 Å². The SMILES string of the molecule is CCOC(CCNCCCSC)OCC. The van der Waals surface area contributed by atoms with Crippen LogP contribution in [0.1, 0.15) is 26.7 Å². The van der Waals surface area contributed by atoms with Gasteiger partial charge >= 0.3 is 0 Å². The normalized spacial score (nSPS) is 11.2. The van der Waals surface area contributed by atoms with E-state index < -0.39 is 0 Å². The molecule has 0 rings (SSSR count). The second-order valence-electron chi connectivity index (χ2n) is 3.23. The molecule has 0 atom stereocenters. The first-order chi connectivity index (χ1) is 7.35. The molecule has 3 nitrogen and oxygen atoms in total. The average molecular weight is 235 g/mol. The van der Waals surface area contributed by atoms with Crippen molar-refractivity contribution < 1.29 is 9.47 Å². The highest BCUT2D eigenvalue weighted by Crippen LogP contribution is 2.00. The Morgan fingerprint density at radius 2 is 1.80 bits per heavy atom. The molecule has 0 aliphatic heterocycles. The lowest BCUT2D eigenvalue weighted by Crippen LogP contribution is -2.25. The summed E-state index contributed by atoms with van der Waals surface area (Å²) in [5, 5.41) is 3.39. The lowest BCUT2D eigenvalue weighted by molar-refractivity contribution is -0.138. The van der Waals surface area contributed by atoms with E-state index in [1.807, 2.05) is 25.6 Å². The molecule has 92 valence electrons. The summed E-state index contributed by atoms with van der Waals surface area (Å²) in [6, 6.07) is 0. The molecule has 0 amide bonds. The maximum atomic E-state index is 5.44. The van der Waals surface area contributed by atoms with Gasteiger partial charge < -0.3 is 14.8 Å². The molecule has 0 saturated heterocycles. The summed E-state index contributed by atoms with van der Waals surface area (Å²) >= 11 is 1.89. The molecule has 0 spiro atoms. The van der Waals surface area contributed by atoms with Crippen molar-refractivity contribution in [3.05, 3.63) is 0 Å². The largest absolute Gasteiger partial charge is 0.353 e. The Hall–Kier alpha value is 0.230. The Kier molecular flexibility index (Phi) is 12.5. The number of hydrogen-bond donors (Lipinski definition) is 1. The van der Waals surface area contributed by atoms with Crippen LogP contribution in [0.15, 0.2) is 0 Å². The highest BCUT2D eigenvalue weighted by Gasteiger charge is 2.06. The van der Waals surface area contributed by atoms with Crippen molar-refractivity contribution in [3.8, 4) is 0 Å². The first-order valence-corrected chi connectivity index (χ1v) is 7.17. The van der Waals surface area contributed by atoms with Crippen LogP contribution in [0.25, 0.3) is 0 Å². The number of thioether (sulfide) groups is 1. The van der Waals surface area contributed by atoms with Crippen molar-refractivity contribution in [1.82, 2.24) is 5.32 Å². The quantitative estimate of drug-likeness (QED) is 0.439. The molecule has 0 unspecified atom stereocenters. The van der Waals surface area contributed by atoms with Gasteiger partial charge in [0.2, 0.25) is 0 Å². The van der Waals surface area contributed by atoms with Crippen LogP contribution in [0.5, 0.6) is 0 Å². The summed E-state index contributed by atoms with van der Waals surface area (Å²) in [7, 11) is 0. The molecule has 0 aromatic carbocycles. The van der Waals surface area contributed by atoms with Crippen LogP contribution in [-0.4, -0.2) is 44.6 Å². The molecule has 4 heteroatoms. The van der Waals surface area contributed by atoms with Gasteiger partial charge in [-0.1, -0.05) is 0 Å². The van der Waals surface area contributed by atoms with Crippen molar-refractivity contribution >= 4 is 11.8 Å². The highest BCUT2D eigenvalue weighted by atomic mass is 32.2. The number of nitrogens with one attached hydrogen (secondary N) is 1. The van der Waals surface area contributed by atoms with E-state index in [1.54, 1.807) is 0 Å². The van der Waals surface area contributed by atoms with E-state index in [0.717, 1.165) is 32.7 Å². The summed E-state index contributed by atoms with van der Waals surface area (Å²) in [4.78, 5) is 0. The minimum Gasteiger partial charge on any atom is -0.353 e. The molecule has 0 heterocycles. The van der Waals surface area contributed by atoms with Crippen molar-refractivity contribution in [2.75, 3.05) is 38.3 Å². The minimum atomic E-state index is -0.0342. The van der Waals surface area contributed by atoms with Gasteiger partial charge in [0.15, 0.2) is 6.29 Å². The molecule has 0 aliphatic rings. The van der Waals surface area contributed by atoms with Crippen LogP contribution in [0, 0.1) is 0 Å². The molecule has 0 aromatic heterocycles. The van der Waals surface area contributed by atoms with Gasteiger partial charge in [-0.3, -0.25) is 0 Å². The fourth-order valence-electron chi connectivity index (χ4n) is 1.27. The lowest BCUT2D eigenvalue weighted by Gasteiger charge is -2.16. The van der Waals surface area contributed by atoms with E-state index in [2.05, 4.69) is 11.6 Å². The predicted octanol–water partition coefficient (Wildman–Crippen LogP) is 2.12. The van der Waals surface area contributed by atoms with E-state index >= 15 is 0 Å². The average Bonchev–Trinajstić information content (AvgIpc) is 2.24. The minimum absolute atomic E-state index is 0.0342. The monoisotopic (exact) mass is 235 g/mol. The molecule has 15 heavy (non-hydrogen) atoms. The Labute approximate surface area is 98.3 Å². The molecule has 0 radical (unpaired) electrons. The predicted molar refractivity (Wildman–Crippen MR) is 67.5 cm³/mol. The Morgan fingerprint density at radius 3 is 2.33 bits per heavy atom. The summed E-state index contributed by atoms with van der Waals surface area (Å²) in [5.74, 6) is 1.23. The molecule has 0 aliphatic carbocycles. The maximum absolute atomic E-state index is 5.44. The Bertz CT molecular complexity index is 119. The topological polar surface area (TPSA) is 30.5 Å². The smallest absolute Gasteiger partial charge is 0.158 e. The van der Waals surface area contributed by atoms with Gasteiger partial charge in [0, 0.05) is 19.6 Å². The van der Waals surface area contributed by atoms with Gasteiger partial charge in [-0.05, 0) is 45.4 Å². The number of rotatable bonds is 11. The van der Waals surface area contributed by atoms with Crippen LogP contribution in [0.3, 0.4) is 0 Å². The third-order valence-electron chi connectivity index (χ3n) is 1.96. The van der Waals surface area contributed by atoms with Crippen molar-refractivity contribution in [1.29, 1.82) is 0 Å². The van der Waals surface area contributed by atoms with Gasteiger partial charge in [-0.2, -0.15) is 11.8 Å². The molecule has 0 bridgehead atoms. The van der Waals surface area contributed by atoms with Gasteiger partial charge in [0.25, 0.3) is 0 Å². The molecule has 1 N–H and O–H groups in total. The summed E-state index contributed by atoms with van der Waals surface area (Å²) in [6.45, 7) is 7.50. The molecule has 0 fully saturated rings. The number of ether oxygens (including phenoxy) is 2. The van der Waals surface area contributed by atoms with Gasteiger partial charge in [0.1, 0.15) is 0 Å². The van der Waals surface area contributed by atoms with E-state index in [-0.39, 0.29) is 6.29 Å². The number of hydrogen-bond acceptors (Lipinski definition) is 4. The summed E-state index contributed by atoms with van der Waals surface area (Å²) in [6.07, 6.45) is 4.27. The van der Waals surface area contributed by atoms with Crippen LogP contribution < -0.4 is 5.32 Å². The van der Waals surface area contributed by atoms with Crippen molar-refractivity contribution in [2.24, 2.45) is 0 Å². The van der Waals surface area contributed by atoms with Crippen LogP contribution >= 0.6 is 11.8 Å². The molecular formula is C11H25NO2S. The van der Waals surface area contributed by atoms with Gasteiger partial charge in [0.05, 0.1) is 0 Å². The van der Waals surface area contributed by atoms with Crippen LogP contribution in [0.2, 0.25) is 0 Å². The molecule has 0 aromatic rings. The fourth-order valence-corrected chi connectivity index (χ4v) is 1.71. The second kappa shape index (κ2) is 12.3. The standard InChI is InChI=1S/C11H25NO2S/c1-4-13-11(14-5-2)7-9-12-8-6-10-15-3/h11-12H,4-10H2,1-3H3. The van der Waals surface area contributed by atoms with E-state index in [1.165, 1.54) is 12.2 Å². The zero-order valence-electron chi connectivity index (χ0n) is 10.3.